The standard InChI is InChI=1S/C14H22N2O2S/c1-12-6-4-3-5-11-16(12)19(17,18)14-9-7-13(15-2)8-10-14/h7-10,12,15H,3-6,11H2,1-2H3. The molecule has 1 aromatic rings. The maximum Gasteiger partial charge on any atom is 0.243 e. The second kappa shape index (κ2) is 5.92. The van der Waals surface area contributed by atoms with Crippen LogP contribution in [0.3, 0.4) is 0 Å². The topological polar surface area (TPSA) is 49.4 Å². The van der Waals surface area contributed by atoms with E-state index in [1.807, 2.05) is 14.0 Å². The number of anilines is 1. The van der Waals surface area contributed by atoms with Gasteiger partial charge in [-0.1, -0.05) is 12.8 Å². The molecule has 4 nitrogen and oxygen atoms in total. The van der Waals surface area contributed by atoms with Gasteiger partial charge >= 0.3 is 0 Å². The lowest BCUT2D eigenvalue weighted by atomic mass is 10.1. The second-order valence-corrected chi connectivity index (χ2v) is 6.98. The summed E-state index contributed by atoms with van der Waals surface area (Å²) in [6, 6.07) is 7.05. The molecule has 5 heteroatoms. The van der Waals surface area contributed by atoms with E-state index >= 15 is 0 Å². The van der Waals surface area contributed by atoms with E-state index < -0.39 is 10.0 Å². The minimum absolute atomic E-state index is 0.0940. The Morgan fingerprint density at radius 1 is 1.16 bits per heavy atom. The highest BCUT2D eigenvalue weighted by atomic mass is 32.2. The zero-order chi connectivity index (χ0) is 13.9. The van der Waals surface area contributed by atoms with Crippen LogP contribution in [0.15, 0.2) is 29.2 Å². The molecule has 2 rings (SSSR count). The quantitative estimate of drug-likeness (QED) is 0.927. The number of hydrogen-bond donors (Lipinski definition) is 1. The van der Waals surface area contributed by atoms with Crippen molar-refractivity contribution >= 4 is 15.7 Å². The Morgan fingerprint density at radius 2 is 1.84 bits per heavy atom. The van der Waals surface area contributed by atoms with Crippen molar-refractivity contribution in [3.63, 3.8) is 0 Å². The average molecular weight is 282 g/mol. The molecule has 0 saturated carbocycles. The third-order valence-corrected chi connectivity index (χ3v) is 5.77. The molecule has 1 aliphatic heterocycles. The van der Waals surface area contributed by atoms with Crippen LogP contribution in [0, 0.1) is 0 Å². The van der Waals surface area contributed by atoms with Crippen molar-refractivity contribution in [1.29, 1.82) is 0 Å². The number of rotatable bonds is 3. The van der Waals surface area contributed by atoms with Gasteiger partial charge in [0, 0.05) is 25.3 Å². The normalized spacial score (nSPS) is 21.9. The van der Waals surface area contributed by atoms with E-state index in [1.165, 1.54) is 0 Å². The SMILES string of the molecule is CNc1ccc(S(=O)(=O)N2CCCCCC2C)cc1. The van der Waals surface area contributed by atoms with Gasteiger partial charge in [0.1, 0.15) is 0 Å². The number of hydrogen-bond acceptors (Lipinski definition) is 3. The van der Waals surface area contributed by atoms with E-state index in [0.29, 0.717) is 11.4 Å². The fraction of sp³-hybridized carbons (Fsp3) is 0.571. The molecule has 106 valence electrons. The third kappa shape index (κ3) is 3.09. The Bertz CT molecular complexity index is 511. The molecule has 0 spiro atoms. The van der Waals surface area contributed by atoms with Crippen molar-refractivity contribution in [1.82, 2.24) is 4.31 Å². The van der Waals surface area contributed by atoms with E-state index in [9.17, 15) is 8.42 Å². The first-order valence-electron chi connectivity index (χ1n) is 6.85. The lowest BCUT2D eigenvalue weighted by molar-refractivity contribution is 0.342. The summed E-state index contributed by atoms with van der Waals surface area (Å²) in [6.45, 7) is 2.64. The molecule has 1 atom stereocenters. The van der Waals surface area contributed by atoms with Crippen LogP contribution in [0.5, 0.6) is 0 Å². The van der Waals surface area contributed by atoms with E-state index in [2.05, 4.69) is 5.32 Å². The summed E-state index contributed by atoms with van der Waals surface area (Å²) >= 11 is 0. The minimum Gasteiger partial charge on any atom is -0.388 e. The molecule has 1 aromatic carbocycles. The van der Waals surface area contributed by atoms with Gasteiger partial charge < -0.3 is 5.32 Å². The highest BCUT2D eigenvalue weighted by Crippen LogP contribution is 2.25. The minimum atomic E-state index is -3.35. The lowest BCUT2D eigenvalue weighted by Gasteiger charge is -2.26. The molecule has 0 aliphatic carbocycles. The third-order valence-electron chi connectivity index (χ3n) is 3.74. The summed E-state index contributed by atoms with van der Waals surface area (Å²) in [6.07, 6.45) is 4.15. The molecular weight excluding hydrogens is 260 g/mol. The highest BCUT2D eigenvalue weighted by Gasteiger charge is 2.29. The van der Waals surface area contributed by atoms with E-state index in [-0.39, 0.29) is 6.04 Å². The van der Waals surface area contributed by atoms with Gasteiger partial charge in [0.05, 0.1) is 4.90 Å². The zero-order valence-corrected chi connectivity index (χ0v) is 12.4. The molecular formula is C14H22N2O2S. The van der Waals surface area contributed by atoms with Gasteiger partial charge in [-0.25, -0.2) is 8.42 Å². The Kier molecular flexibility index (Phi) is 4.47. The summed E-state index contributed by atoms with van der Waals surface area (Å²) in [5.41, 5.74) is 0.919. The van der Waals surface area contributed by atoms with Crippen LogP contribution in [-0.2, 0) is 10.0 Å². The van der Waals surface area contributed by atoms with Crippen molar-refractivity contribution in [3.8, 4) is 0 Å². The van der Waals surface area contributed by atoms with E-state index in [1.54, 1.807) is 28.6 Å². The summed E-state index contributed by atoms with van der Waals surface area (Å²) in [7, 11) is -1.53. The van der Waals surface area contributed by atoms with Crippen molar-refractivity contribution < 1.29 is 8.42 Å². The first-order valence-corrected chi connectivity index (χ1v) is 8.29. The van der Waals surface area contributed by atoms with E-state index in [4.69, 9.17) is 0 Å². The van der Waals surface area contributed by atoms with Crippen LogP contribution in [0.2, 0.25) is 0 Å². The second-order valence-electron chi connectivity index (χ2n) is 5.09. The molecule has 1 heterocycles. The Labute approximate surface area is 115 Å². The van der Waals surface area contributed by atoms with Crippen molar-refractivity contribution in [2.75, 3.05) is 18.9 Å². The maximum absolute atomic E-state index is 12.7. The molecule has 0 radical (unpaired) electrons. The summed E-state index contributed by atoms with van der Waals surface area (Å²) < 4.78 is 27.0. The first-order chi connectivity index (χ1) is 9.05. The van der Waals surface area contributed by atoms with Crippen molar-refractivity contribution in [3.05, 3.63) is 24.3 Å². The van der Waals surface area contributed by atoms with Gasteiger partial charge in [-0.15, -0.1) is 0 Å². The molecule has 1 aliphatic rings. The van der Waals surface area contributed by atoms with Gasteiger partial charge in [0.15, 0.2) is 0 Å². The number of nitrogens with zero attached hydrogens (tertiary/aromatic N) is 1. The van der Waals surface area contributed by atoms with Gasteiger partial charge in [0.25, 0.3) is 0 Å². The van der Waals surface area contributed by atoms with Gasteiger partial charge in [0.2, 0.25) is 10.0 Å². The fourth-order valence-corrected chi connectivity index (χ4v) is 4.23. The molecule has 1 saturated heterocycles. The van der Waals surface area contributed by atoms with Crippen molar-refractivity contribution in [2.45, 2.75) is 43.5 Å². The first kappa shape index (κ1) is 14.3. The van der Waals surface area contributed by atoms with Crippen LogP contribution < -0.4 is 5.32 Å². The zero-order valence-electron chi connectivity index (χ0n) is 11.6. The Balaban J connectivity index is 2.29. The molecule has 1 N–H and O–H groups in total. The molecule has 1 unspecified atom stereocenters. The molecule has 1 fully saturated rings. The summed E-state index contributed by atoms with van der Waals surface area (Å²) in [5, 5.41) is 3.00. The molecule has 0 amide bonds. The molecule has 0 bridgehead atoms. The van der Waals surface area contributed by atoms with Crippen LogP contribution >= 0.6 is 0 Å². The fourth-order valence-electron chi connectivity index (χ4n) is 2.53. The van der Waals surface area contributed by atoms with E-state index in [0.717, 1.165) is 31.4 Å². The van der Waals surface area contributed by atoms with Crippen LogP contribution in [0.25, 0.3) is 0 Å². The largest absolute Gasteiger partial charge is 0.388 e. The lowest BCUT2D eigenvalue weighted by Crippen LogP contribution is -2.38. The average Bonchev–Trinajstić information content (AvgIpc) is 2.64. The number of benzene rings is 1. The highest BCUT2D eigenvalue weighted by molar-refractivity contribution is 7.89. The number of sulfonamides is 1. The summed E-state index contributed by atoms with van der Waals surface area (Å²) in [4.78, 5) is 0.389. The van der Waals surface area contributed by atoms with Crippen molar-refractivity contribution in [2.24, 2.45) is 0 Å². The molecule has 0 aromatic heterocycles. The Morgan fingerprint density at radius 3 is 2.47 bits per heavy atom. The summed E-state index contributed by atoms with van der Waals surface area (Å²) in [5.74, 6) is 0. The predicted octanol–water partition coefficient (Wildman–Crippen LogP) is 2.68. The van der Waals surface area contributed by atoms with Crippen LogP contribution in [0.1, 0.15) is 32.6 Å². The smallest absolute Gasteiger partial charge is 0.243 e. The van der Waals surface area contributed by atoms with Crippen LogP contribution in [-0.4, -0.2) is 32.4 Å². The maximum atomic E-state index is 12.7. The van der Waals surface area contributed by atoms with Gasteiger partial charge in [-0.3, -0.25) is 0 Å². The van der Waals surface area contributed by atoms with Gasteiger partial charge in [-0.2, -0.15) is 4.31 Å². The van der Waals surface area contributed by atoms with Crippen LogP contribution in [0.4, 0.5) is 5.69 Å². The monoisotopic (exact) mass is 282 g/mol. The Hall–Kier alpha value is -1.07. The molecule has 19 heavy (non-hydrogen) atoms. The van der Waals surface area contributed by atoms with Gasteiger partial charge in [-0.05, 0) is 44.0 Å². The predicted molar refractivity (Wildman–Crippen MR) is 77.8 cm³/mol. The number of nitrogens with one attached hydrogen (secondary N) is 1.